The van der Waals surface area contributed by atoms with E-state index < -0.39 is 0 Å². The first-order valence-electron chi connectivity index (χ1n) is 5.89. The Bertz CT molecular complexity index is 350. The minimum atomic E-state index is 0.642. The second kappa shape index (κ2) is 6.64. The van der Waals surface area contributed by atoms with Gasteiger partial charge in [-0.05, 0) is 63.4 Å². The molecule has 1 aliphatic rings. The van der Waals surface area contributed by atoms with Crippen LogP contribution in [0.25, 0.3) is 0 Å². The third-order valence-corrected chi connectivity index (χ3v) is 6.03. The summed E-state index contributed by atoms with van der Waals surface area (Å²) >= 11 is 8.79. The number of halogens is 2. The van der Waals surface area contributed by atoms with Crippen molar-refractivity contribution < 1.29 is 4.42 Å². The highest BCUT2D eigenvalue weighted by molar-refractivity contribution is 9.13. The van der Waals surface area contributed by atoms with Crippen LogP contribution < -0.4 is 5.32 Å². The molecular formula is C12H17Br2NOS. The van der Waals surface area contributed by atoms with Gasteiger partial charge in [0.2, 0.25) is 0 Å². The summed E-state index contributed by atoms with van der Waals surface area (Å²) in [6.07, 6.45) is 7.50. The minimum Gasteiger partial charge on any atom is -0.452 e. The maximum absolute atomic E-state index is 5.56. The average molecular weight is 383 g/mol. The minimum absolute atomic E-state index is 0.642. The Hall–Kier alpha value is 0.550. The second-order valence-corrected chi connectivity index (χ2v) is 7.15. The molecule has 1 fully saturated rings. The van der Waals surface area contributed by atoms with E-state index in [0.717, 1.165) is 26.7 Å². The molecule has 1 aliphatic carbocycles. The fourth-order valence-corrected chi connectivity index (χ4v) is 3.75. The maximum atomic E-state index is 5.56. The van der Waals surface area contributed by atoms with Crippen LogP contribution in [0.4, 0.5) is 0 Å². The van der Waals surface area contributed by atoms with Crippen molar-refractivity contribution in [2.75, 3.05) is 6.26 Å². The predicted molar refractivity (Wildman–Crippen MR) is 80.5 cm³/mol. The number of hydrogen-bond donors (Lipinski definition) is 1. The van der Waals surface area contributed by atoms with E-state index in [0.29, 0.717) is 6.04 Å². The first-order valence-corrected chi connectivity index (χ1v) is 8.76. The highest BCUT2D eigenvalue weighted by Crippen LogP contribution is 2.29. The summed E-state index contributed by atoms with van der Waals surface area (Å²) in [4.78, 5) is 0. The van der Waals surface area contributed by atoms with E-state index in [4.69, 9.17) is 4.42 Å². The number of thioether (sulfide) groups is 1. The SMILES string of the molecule is CSC1CCCC(NCc2cc(Br)c(Br)o2)C1. The Kier molecular flexibility index (Phi) is 5.46. The summed E-state index contributed by atoms with van der Waals surface area (Å²) in [5.41, 5.74) is 0. The predicted octanol–water partition coefficient (Wildman–Crippen LogP) is 4.57. The molecule has 0 spiro atoms. The van der Waals surface area contributed by atoms with Crippen LogP contribution in [0.2, 0.25) is 0 Å². The second-order valence-electron chi connectivity index (χ2n) is 4.44. The Labute approximate surface area is 124 Å². The molecule has 0 aromatic carbocycles. The van der Waals surface area contributed by atoms with Crippen LogP contribution in [0.3, 0.4) is 0 Å². The molecule has 1 aromatic rings. The van der Waals surface area contributed by atoms with Gasteiger partial charge < -0.3 is 9.73 Å². The van der Waals surface area contributed by atoms with Gasteiger partial charge in [-0.15, -0.1) is 0 Å². The van der Waals surface area contributed by atoms with E-state index in [1.165, 1.54) is 25.7 Å². The lowest BCUT2D eigenvalue weighted by Crippen LogP contribution is -2.34. The molecule has 2 rings (SSSR count). The lowest BCUT2D eigenvalue weighted by Gasteiger charge is -2.28. The van der Waals surface area contributed by atoms with Crippen molar-refractivity contribution >= 4 is 43.6 Å². The van der Waals surface area contributed by atoms with Crippen molar-refractivity contribution in [2.45, 2.75) is 43.5 Å². The zero-order valence-corrected chi connectivity index (χ0v) is 13.8. The lowest BCUT2D eigenvalue weighted by molar-refractivity contribution is 0.360. The average Bonchev–Trinajstić information content (AvgIpc) is 2.67. The highest BCUT2D eigenvalue weighted by Gasteiger charge is 2.21. The van der Waals surface area contributed by atoms with E-state index in [9.17, 15) is 0 Å². The van der Waals surface area contributed by atoms with Crippen LogP contribution in [-0.2, 0) is 6.54 Å². The molecule has 96 valence electrons. The first-order chi connectivity index (χ1) is 8.19. The molecule has 5 heteroatoms. The Morgan fingerprint density at radius 3 is 2.94 bits per heavy atom. The third-order valence-electron chi connectivity index (χ3n) is 3.22. The van der Waals surface area contributed by atoms with Crippen molar-refractivity contribution in [3.8, 4) is 0 Å². The molecule has 2 unspecified atom stereocenters. The fraction of sp³-hybridized carbons (Fsp3) is 0.667. The Morgan fingerprint density at radius 2 is 2.29 bits per heavy atom. The zero-order valence-electron chi connectivity index (χ0n) is 9.84. The molecule has 0 amide bonds. The zero-order chi connectivity index (χ0) is 12.3. The summed E-state index contributed by atoms with van der Waals surface area (Å²) in [7, 11) is 0. The smallest absolute Gasteiger partial charge is 0.183 e. The number of nitrogens with one attached hydrogen (secondary N) is 1. The van der Waals surface area contributed by atoms with Gasteiger partial charge in [0, 0.05) is 11.3 Å². The van der Waals surface area contributed by atoms with Crippen molar-refractivity contribution in [2.24, 2.45) is 0 Å². The lowest BCUT2D eigenvalue weighted by atomic mass is 9.95. The van der Waals surface area contributed by atoms with Gasteiger partial charge in [-0.25, -0.2) is 0 Å². The van der Waals surface area contributed by atoms with Crippen molar-refractivity contribution in [3.63, 3.8) is 0 Å². The van der Waals surface area contributed by atoms with Gasteiger partial charge in [0.15, 0.2) is 4.67 Å². The Morgan fingerprint density at radius 1 is 1.47 bits per heavy atom. The van der Waals surface area contributed by atoms with Crippen LogP contribution in [0.5, 0.6) is 0 Å². The van der Waals surface area contributed by atoms with Crippen LogP contribution in [-0.4, -0.2) is 17.5 Å². The van der Waals surface area contributed by atoms with Crippen LogP contribution in [0.1, 0.15) is 31.4 Å². The molecule has 2 atom stereocenters. The maximum Gasteiger partial charge on any atom is 0.183 e. The number of hydrogen-bond acceptors (Lipinski definition) is 3. The van der Waals surface area contributed by atoms with E-state index in [1.54, 1.807) is 0 Å². The van der Waals surface area contributed by atoms with E-state index >= 15 is 0 Å². The quantitative estimate of drug-likeness (QED) is 0.825. The van der Waals surface area contributed by atoms with Crippen molar-refractivity contribution in [1.29, 1.82) is 0 Å². The molecule has 0 radical (unpaired) electrons. The molecule has 1 aromatic heterocycles. The molecule has 2 nitrogen and oxygen atoms in total. The van der Waals surface area contributed by atoms with Gasteiger partial charge >= 0.3 is 0 Å². The summed E-state index contributed by atoms with van der Waals surface area (Å²) < 4.78 is 7.32. The standard InChI is InChI=1S/C12H17Br2NOS/c1-17-10-4-2-3-8(5-10)15-7-9-6-11(13)12(14)16-9/h6,8,10,15H,2-5,7H2,1H3. The van der Waals surface area contributed by atoms with Crippen LogP contribution in [0.15, 0.2) is 19.6 Å². The molecule has 0 aliphatic heterocycles. The van der Waals surface area contributed by atoms with Gasteiger partial charge in [-0.2, -0.15) is 11.8 Å². The number of rotatable bonds is 4. The molecule has 17 heavy (non-hydrogen) atoms. The third kappa shape index (κ3) is 4.01. The highest BCUT2D eigenvalue weighted by atomic mass is 79.9. The molecule has 1 N–H and O–H groups in total. The van der Waals surface area contributed by atoms with Gasteiger partial charge in [0.05, 0.1) is 11.0 Å². The van der Waals surface area contributed by atoms with E-state index in [2.05, 4.69) is 43.4 Å². The molecule has 0 bridgehead atoms. The summed E-state index contributed by atoms with van der Waals surface area (Å²) in [5, 5.41) is 4.42. The molecule has 1 saturated carbocycles. The van der Waals surface area contributed by atoms with Crippen molar-refractivity contribution in [3.05, 3.63) is 21.0 Å². The normalized spacial score (nSPS) is 25.1. The summed E-state index contributed by atoms with van der Waals surface area (Å²) in [6, 6.07) is 2.66. The summed E-state index contributed by atoms with van der Waals surface area (Å²) in [6.45, 7) is 0.815. The van der Waals surface area contributed by atoms with Crippen molar-refractivity contribution in [1.82, 2.24) is 5.32 Å². The molecule has 0 saturated heterocycles. The van der Waals surface area contributed by atoms with E-state index in [-0.39, 0.29) is 0 Å². The van der Waals surface area contributed by atoms with Gasteiger partial charge in [-0.1, -0.05) is 6.42 Å². The van der Waals surface area contributed by atoms with Crippen LogP contribution >= 0.6 is 43.6 Å². The molecular weight excluding hydrogens is 366 g/mol. The first kappa shape index (κ1) is 14.0. The van der Waals surface area contributed by atoms with Crippen LogP contribution in [0, 0.1) is 0 Å². The summed E-state index contributed by atoms with van der Waals surface area (Å²) in [5.74, 6) is 0.982. The van der Waals surface area contributed by atoms with Gasteiger partial charge in [0.1, 0.15) is 5.76 Å². The fourth-order valence-electron chi connectivity index (χ4n) is 2.27. The monoisotopic (exact) mass is 381 g/mol. The van der Waals surface area contributed by atoms with E-state index in [1.807, 2.05) is 17.8 Å². The number of furan rings is 1. The topological polar surface area (TPSA) is 25.2 Å². The largest absolute Gasteiger partial charge is 0.452 e. The Balaban J connectivity index is 1.81. The van der Waals surface area contributed by atoms with Gasteiger partial charge in [0.25, 0.3) is 0 Å². The molecule has 1 heterocycles. The van der Waals surface area contributed by atoms with Gasteiger partial charge in [-0.3, -0.25) is 0 Å².